The molecule has 0 heterocycles. The van der Waals surface area contributed by atoms with E-state index in [0.29, 0.717) is 6.54 Å². The highest BCUT2D eigenvalue weighted by Gasteiger charge is 1.96. The second-order valence-electron chi connectivity index (χ2n) is 4.39. The van der Waals surface area contributed by atoms with Gasteiger partial charge in [-0.3, -0.25) is 0 Å². The van der Waals surface area contributed by atoms with Gasteiger partial charge in [-0.15, -0.1) is 0 Å². The molecular weight excluding hydrogens is 228 g/mol. The summed E-state index contributed by atoms with van der Waals surface area (Å²) in [7, 11) is 4.11. The van der Waals surface area contributed by atoms with Gasteiger partial charge in [-0.25, -0.2) is 4.99 Å². The van der Waals surface area contributed by atoms with Crippen LogP contribution in [-0.2, 0) is 6.54 Å². The van der Waals surface area contributed by atoms with Gasteiger partial charge in [0.15, 0.2) is 5.96 Å². The second-order valence-corrected chi connectivity index (χ2v) is 4.39. The van der Waals surface area contributed by atoms with Crippen LogP contribution in [0.5, 0.6) is 5.75 Å². The Labute approximate surface area is 108 Å². The third-order valence-corrected chi connectivity index (χ3v) is 2.39. The first-order valence-corrected chi connectivity index (χ1v) is 6.00. The van der Waals surface area contributed by atoms with Crippen molar-refractivity contribution in [3.8, 4) is 5.75 Å². The van der Waals surface area contributed by atoms with E-state index in [4.69, 9.17) is 16.2 Å². The number of aliphatic imine (C=N–C) groups is 1. The molecule has 0 aromatic heterocycles. The van der Waals surface area contributed by atoms with E-state index >= 15 is 0 Å². The Hall–Kier alpha value is -1.75. The number of guanidine groups is 1. The van der Waals surface area contributed by atoms with Crippen LogP contribution in [0.2, 0.25) is 0 Å². The van der Waals surface area contributed by atoms with Crippen molar-refractivity contribution in [2.45, 2.75) is 13.0 Å². The molecule has 0 amide bonds. The van der Waals surface area contributed by atoms with Gasteiger partial charge in [-0.1, -0.05) is 12.1 Å². The third-order valence-electron chi connectivity index (χ3n) is 2.39. The molecular formula is C13H22N4O. The van der Waals surface area contributed by atoms with Crippen molar-refractivity contribution >= 4 is 5.96 Å². The SMILES string of the molecule is CN(C)CCCOc1ccc(CN=C(N)N)cc1. The standard InChI is InChI=1S/C13H22N4O/c1-17(2)8-3-9-18-12-6-4-11(5-7-12)10-16-13(14)15/h4-7H,3,8-10H2,1-2H3,(H4,14,15,16). The molecule has 0 saturated heterocycles. The van der Waals surface area contributed by atoms with Gasteiger partial charge < -0.3 is 21.1 Å². The van der Waals surface area contributed by atoms with Crippen LogP contribution in [-0.4, -0.2) is 38.1 Å². The predicted molar refractivity (Wildman–Crippen MR) is 74.6 cm³/mol. The van der Waals surface area contributed by atoms with Crippen molar-refractivity contribution in [2.24, 2.45) is 16.5 Å². The average Bonchev–Trinajstić information content (AvgIpc) is 2.33. The van der Waals surface area contributed by atoms with Crippen molar-refractivity contribution in [1.29, 1.82) is 0 Å². The summed E-state index contributed by atoms with van der Waals surface area (Å²) in [5, 5.41) is 0. The Morgan fingerprint density at radius 2 is 1.89 bits per heavy atom. The van der Waals surface area contributed by atoms with Crippen molar-refractivity contribution in [1.82, 2.24) is 4.90 Å². The maximum atomic E-state index is 5.63. The van der Waals surface area contributed by atoms with Crippen molar-refractivity contribution in [3.05, 3.63) is 29.8 Å². The van der Waals surface area contributed by atoms with Crippen molar-refractivity contribution < 1.29 is 4.74 Å². The second kappa shape index (κ2) is 7.55. The Kier molecular flexibility index (Phi) is 6.00. The zero-order valence-corrected chi connectivity index (χ0v) is 11.1. The lowest BCUT2D eigenvalue weighted by atomic mass is 10.2. The summed E-state index contributed by atoms with van der Waals surface area (Å²) in [6, 6.07) is 7.81. The largest absolute Gasteiger partial charge is 0.494 e. The summed E-state index contributed by atoms with van der Waals surface area (Å²) in [4.78, 5) is 6.09. The number of hydrogen-bond donors (Lipinski definition) is 2. The molecule has 0 atom stereocenters. The summed E-state index contributed by atoms with van der Waals surface area (Å²) in [5.41, 5.74) is 11.6. The van der Waals surface area contributed by atoms with Crippen LogP contribution in [0.15, 0.2) is 29.3 Å². The molecule has 1 aromatic carbocycles. The lowest BCUT2D eigenvalue weighted by Crippen LogP contribution is -2.22. The zero-order chi connectivity index (χ0) is 13.4. The molecule has 0 aliphatic heterocycles. The lowest BCUT2D eigenvalue weighted by molar-refractivity contribution is 0.281. The van der Waals surface area contributed by atoms with Crippen LogP contribution in [0.25, 0.3) is 0 Å². The summed E-state index contributed by atoms with van der Waals surface area (Å²) >= 11 is 0. The fourth-order valence-electron chi connectivity index (χ4n) is 1.44. The maximum Gasteiger partial charge on any atom is 0.186 e. The molecule has 0 spiro atoms. The highest BCUT2D eigenvalue weighted by Crippen LogP contribution is 2.13. The third kappa shape index (κ3) is 6.10. The number of nitrogens with two attached hydrogens (primary N) is 2. The monoisotopic (exact) mass is 250 g/mol. The van der Waals surface area contributed by atoms with Gasteiger partial charge in [-0.2, -0.15) is 0 Å². The van der Waals surface area contributed by atoms with E-state index in [1.54, 1.807) is 0 Å². The molecule has 5 nitrogen and oxygen atoms in total. The molecule has 1 rings (SSSR count). The van der Waals surface area contributed by atoms with Crippen molar-refractivity contribution in [3.63, 3.8) is 0 Å². The molecule has 100 valence electrons. The van der Waals surface area contributed by atoms with Gasteiger partial charge in [0.05, 0.1) is 13.2 Å². The number of ether oxygens (including phenoxy) is 1. The normalized spacial score (nSPS) is 10.4. The molecule has 0 bridgehead atoms. The van der Waals surface area contributed by atoms with Crippen molar-refractivity contribution in [2.75, 3.05) is 27.2 Å². The molecule has 0 unspecified atom stereocenters. The summed E-state index contributed by atoms with van der Waals surface area (Å²) in [6.07, 6.45) is 1.02. The molecule has 1 aromatic rings. The molecule has 0 aliphatic carbocycles. The Morgan fingerprint density at radius 1 is 1.22 bits per heavy atom. The van der Waals surface area contributed by atoms with Gasteiger partial charge >= 0.3 is 0 Å². The van der Waals surface area contributed by atoms with E-state index in [1.165, 1.54) is 0 Å². The van der Waals surface area contributed by atoms with E-state index in [1.807, 2.05) is 24.3 Å². The summed E-state index contributed by atoms with van der Waals surface area (Å²) in [5.74, 6) is 0.987. The van der Waals surface area contributed by atoms with E-state index in [-0.39, 0.29) is 5.96 Å². The predicted octanol–water partition coefficient (Wildman–Crippen LogP) is 0.791. The first-order chi connectivity index (χ1) is 8.58. The highest BCUT2D eigenvalue weighted by molar-refractivity contribution is 5.75. The van der Waals surface area contributed by atoms with Gasteiger partial charge in [0.2, 0.25) is 0 Å². The molecule has 0 radical (unpaired) electrons. The number of rotatable bonds is 7. The maximum absolute atomic E-state index is 5.63. The van der Waals surface area contributed by atoms with Crippen LogP contribution in [0.4, 0.5) is 0 Å². The molecule has 5 heteroatoms. The fraction of sp³-hybridized carbons (Fsp3) is 0.462. The van der Waals surface area contributed by atoms with Gasteiger partial charge in [0, 0.05) is 6.54 Å². The van der Waals surface area contributed by atoms with Crippen LogP contribution < -0.4 is 16.2 Å². The molecule has 4 N–H and O–H groups in total. The van der Waals surface area contributed by atoms with Crippen LogP contribution in [0.3, 0.4) is 0 Å². The quantitative estimate of drug-likeness (QED) is 0.426. The Morgan fingerprint density at radius 3 is 2.44 bits per heavy atom. The molecule has 0 saturated carbocycles. The van der Waals surface area contributed by atoms with E-state index in [0.717, 1.165) is 30.9 Å². The van der Waals surface area contributed by atoms with E-state index in [9.17, 15) is 0 Å². The van der Waals surface area contributed by atoms with Gasteiger partial charge in [-0.05, 0) is 38.2 Å². The van der Waals surface area contributed by atoms with E-state index < -0.39 is 0 Å². The topological polar surface area (TPSA) is 76.9 Å². The fourth-order valence-corrected chi connectivity index (χ4v) is 1.44. The van der Waals surface area contributed by atoms with Crippen LogP contribution in [0.1, 0.15) is 12.0 Å². The van der Waals surface area contributed by atoms with Crippen LogP contribution >= 0.6 is 0 Å². The molecule has 18 heavy (non-hydrogen) atoms. The Balaban J connectivity index is 2.34. The van der Waals surface area contributed by atoms with Gasteiger partial charge in [0.25, 0.3) is 0 Å². The molecule has 0 fully saturated rings. The highest BCUT2D eigenvalue weighted by atomic mass is 16.5. The van der Waals surface area contributed by atoms with Gasteiger partial charge in [0.1, 0.15) is 5.75 Å². The Bertz CT molecular complexity index is 369. The number of hydrogen-bond acceptors (Lipinski definition) is 3. The first-order valence-electron chi connectivity index (χ1n) is 6.00. The minimum Gasteiger partial charge on any atom is -0.494 e. The van der Waals surface area contributed by atoms with Crippen LogP contribution in [0, 0.1) is 0 Å². The minimum atomic E-state index is 0.110. The first kappa shape index (κ1) is 14.3. The zero-order valence-electron chi connectivity index (χ0n) is 11.1. The lowest BCUT2D eigenvalue weighted by Gasteiger charge is -2.10. The summed E-state index contributed by atoms with van der Waals surface area (Å²) < 4.78 is 5.63. The number of nitrogens with zero attached hydrogens (tertiary/aromatic N) is 2. The number of benzene rings is 1. The molecule has 0 aliphatic rings. The summed E-state index contributed by atoms with van der Waals surface area (Å²) in [6.45, 7) is 2.26. The smallest absolute Gasteiger partial charge is 0.186 e. The minimum absolute atomic E-state index is 0.110. The van der Waals surface area contributed by atoms with E-state index in [2.05, 4.69) is 24.0 Å². The average molecular weight is 250 g/mol.